The second kappa shape index (κ2) is 6.34. The molecule has 2 unspecified atom stereocenters. The Kier molecular flexibility index (Phi) is 5.42. The fraction of sp³-hybridized carbons (Fsp3) is 0.875. The van der Waals surface area contributed by atoms with Gasteiger partial charge in [0.25, 0.3) is 0 Å². The minimum atomic E-state index is -0.749. The summed E-state index contributed by atoms with van der Waals surface area (Å²) in [4.78, 5) is 26.0. The summed E-state index contributed by atoms with van der Waals surface area (Å²) < 4.78 is 0. The van der Waals surface area contributed by atoms with Crippen LogP contribution in [0.1, 0.15) is 54.4 Å². The molecule has 1 saturated heterocycles. The molecular weight excluding hydrogens is 268 g/mol. The normalized spacial score (nSPS) is 25.1. The molecule has 0 aromatic heterocycles. The SMILES string of the molecule is CCC(C)(C)NC(=O)C(C)N1CCC(C(=O)O)(C(C)C)C1. The first kappa shape index (κ1) is 18.0. The number of likely N-dealkylation sites (tertiary alicyclic amines) is 1. The summed E-state index contributed by atoms with van der Waals surface area (Å²) in [5, 5.41) is 12.6. The summed E-state index contributed by atoms with van der Waals surface area (Å²) >= 11 is 0. The van der Waals surface area contributed by atoms with Gasteiger partial charge < -0.3 is 10.4 Å². The summed E-state index contributed by atoms with van der Waals surface area (Å²) in [7, 11) is 0. The van der Waals surface area contributed by atoms with Crippen LogP contribution in [-0.2, 0) is 9.59 Å². The number of nitrogens with one attached hydrogen (secondary N) is 1. The van der Waals surface area contributed by atoms with Crippen LogP contribution in [0.2, 0.25) is 0 Å². The van der Waals surface area contributed by atoms with E-state index in [1.807, 2.05) is 46.4 Å². The largest absolute Gasteiger partial charge is 0.481 e. The highest BCUT2D eigenvalue weighted by Crippen LogP contribution is 2.38. The Labute approximate surface area is 128 Å². The number of rotatable bonds is 6. The zero-order chi connectivity index (χ0) is 16.4. The Morgan fingerprint density at radius 2 is 1.90 bits per heavy atom. The van der Waals surface area contributed by atoms with E-state index in [0.29, 0.717) is 19.5 Å². The van der Waals surface area contributed by atoms with Crippen LogP contribution in [0, 0.1) is 11.3 Å². The Bertz CT molecular complexity index is 406. The van der Waals surface area contributed by atoms with Crippen molar-refractivity contribution in [2.75, 3.05) is 13.1 Å². The average molecular weight is 298 g/mol. The fourth-order valence-electron chi connectivity index (χ4n) is 2.78. The number of hydrogen-bond acceptors (Lipinski definition) is 3. The smallest absolute Gasteiger partial charge is 0.311 e. The minimum Gasteiger partial charge on any atom is -0.481 e. The highest BCUT2D eigenvalue weighted by Gasteiger charge is 2.48. The topological polar surface area (TPSA) is 69.6 Å². The zero-order valence-corrected chi connectivity index (χ0v) is 14.2. The van der Waals surface area contributed by atoms with Gasteiger partial charge in [0.05, 0.1) is 11.5 Å². The standard InChI is InChI=1S/C16H30N2O3/c1-7-15(5,6)17-13(19)12(4)18-9-8-16(10-18,11(2)3)14(20)21/h11-12H,7-10H2,1-6H3,(H,17,19)(H,20,21). The van der Waals surface area contributed by atoms with E-state index >= 15 is 0 Å². The van der Waals surface area contributed by atoms with Crippen molar-refractivity contribution in [1.29, 1.82) is 0 Å². The third kappa shape index (κ3) is 3.76. The summed E-state index contributed by atoms with van der Waals surface area (Å²) in [5.41, 5.74) is -0.957. The molecule has 0 spiro atoms. The number of nitrogens with zero attached hydrogens (tertiary/aromatic N) is 1. The number of carboxylic acid groups (broad SMARTS) is 1. The van der Waals surface area contributed by atoms with Crippen LogP contribution >= 0.6 is 0 Å². The van der Waals surface area contributed by atoms with Gasteiger partial charge in [-0.1, -0.05) is 20.8 Å². The van der Waals surface area contributed by atoms with E-state index in [1.54, 1.807) is 0 Å². The number of carbonyl (C=O) groups excluding carboxylic acids is 1. The molecule has 1 rings (SSSR count). The molecule has 1 aliphatic heterocycles. The van der Waals surface area contributed by atoms with Gasteiger partial charge in [-0.2, -0.15) is 0 Å². The first-order chi connectivity index (χ1) is 9.55. The Hall–Kier alpha value is -1.10. The van der Waals surface area contributed by atoms with Crippen LogP contribution in [0.4, 0.5) is 0 Å². The maximum absolute atomic E-state index is 12.4. The number of hydrogen-bond donors (Lipinski definition) is 2. The minimum absolute atomic E-state index is 0.0215. The number of amides is 1. The maximum atomic E-state index is 12.4. The number of aliphatic carboxylic acids is 1. The van der Waals surface area contributed by atoms with Gasteiger partial charge >= 0.3 is 5.97 Å². The predicted molar refractivity (Wildman–Crippen MR) is 83.1 cm³/mol. The molecule has 1 amide bonds. The van der Waals surface area contributed by atoms with Crippen molar-refractivity contribution in [3.8, 4) is 0 Å². The van der Waals surface area contributed by atoms with Crippen molar-refractivity contribution >= 4 is 11.9 Å². The van der Waals surface area contributed by atoms with E-state index in [4.69, 9.17) is 0 Å². The molecule has 0 aromatic carbocycles. The Balaban J connectivity index is 2.76. The molecule has 1 aliphatic rings. The van der Waals surface area contributed by atoms with Crippen molar-refractivity contribution < 1.29 is 14.7 Å². The third-order valence-electron chi connectivity index (χ3n) is 5.13. The van der Waals surface area contributed by atoms with Gasteiger partial charge in [-0.3, -0.25) is 14.5 Å². The number of carbonyl (C=O) groups is 2. The van der Waals surface area contributed by atoms with Crippen LogP contribution in [0.15, 0.2) is 0 Å². The summed E-state index contributed by atoms with van der Waals surface area (Å²) in [6, 6.07) is -0.296. The average Bonchev–Trinajstić information content (AvgIpc) is 2.83. The molecule has 0 bridgehead atoms. The third-order valence-corrected chi connectivity index (χ3v) is 5.13. The van der Waals surface area contributed by atoms with E-state index in [1.165, 1.54) is 0 Å². The van der Waals surface area contributed by atoms with Crippen molar-refractivity contribution in [2.45, 2.75) is 66.0 Å². The first-order valence-corrected chi connectivity index (χ1v) is 7.85. The molecule has 0 aromatic rings. The lowest BCUT2D eigenvalue weighted by Gasteiger charge is -2.32. The van der Waals surface area contributed by atoms with E-state index in [-0.39, 0.29) is 23.4 Å². The maximum Gasteiger partial charge on any atom is 0.311 e. The second-order valence-electron chi connectivity index (χ2n) is 7.24. The van der Waals surface area contributed by atoms with Crippen molar-refractivity contribution in [3.63, 3.8) is 0 Å². The van der Waals surface area contributed by atoms with E-state index in [2.05, 4.69) is 5.32 Å². The highest BCUT2D eigenvalue weighted by atomic mass is 16.4. The van der Waals surface area contributed by atoms with Gasteiger partial charge in [0.2, 0.25) is 5.91 Å². The predicted octanol–water partition coefficient (Wildman–Crippen LogP) is 2.11. The van der Waals surface area contributed by atoms with Gasteiger partial charge in [0.15, 0.2) is 0 Å². The molecule has 2 N–H and O–H groups in total. The first-order valence-electron chi connectivity index (χ1n) is 7.85. The van der Waals surface area contributed by atoms with Gasteiger partial charge in [0.1, 0.15) is 0 Å². The molecule has 21 heavy (non-hydrogen) atoms. The van der Waals surface area contributed by atoms with Gasteiger partial charge in [-0.15, -0.1) is 0 Å². The summed E-state index contributed by atoms with van der Waals surface area (Å²) in [6.07, 6.45) is 1.46. The van der Waals surface area contributed by atoms with Gasteiger partial charge in [-0.25, -0.2) is 0 Å². The molecule has 0 saturated carbocycles. The van der Waals surface area contributed by atoms with Crippen molar-refractivity contribution in [1.82, 2.24) is 10.2 Å². The van der Waals surface area contributed by atoms with Gasteiger partial charge in [-0.05, 0) is 39.5 Å². The van der Waals surface area contributed by atoms with Crippen LogP contribution in [0.3, 0.4) is 0 Å². The van der Waals surface area contributed by atoms with Crippen molar-refractivity contribution in [2.24, 2.45) is 11.3 Å². The monoisotopic (exact) mass is 298 g/mol. The molecule has 1 heterocycles. The molecule has 0 radical (unpaired) electrons. The van der Waals surface area contributed by atoms with Crippen LogP contribution in [0.5, 0.6) is 0 Å². The number of carboxylic acids is 1. The lowest BCUT2D eigenvalue weighted by atomic mass is 9.76. The van der Waals surface area contributed by atoms with E-state index in [0.717, 1.165) is 6.42 Å². The molecule has 1 fully saturated rings. The Morgan fingerprint density at radius 3 is 2.29 bits per heavy atom. The molecule has 2 atom stereocenters. The molecule has 122 valence electrons. The highest BCUT2D eigenvalue weighted by molar-refractivity contribution is 5.82. The zero-order valence-electron chi connectivity index (χ0n) is 14.2. The Morgan fingerprint density at radius 1 is 1.33 bits per heavy atom. The summed E-state index contributed by atoms with van der Waals surface area (Å²) in [5.74, 6) is -0.712. The summed E-state index contributed by atoms with van der Waals surface area (Å²) in [6.45, 7) is 12.9. The van der Waals surface area contributed by atoms with Crippen LogP contribution < -0.4 is 5.32 Å². The van der Waals surface area contributed by atoms with Crippen LogP contribution in [0.25, 0.3) is 0 Å². The quantitative estimate of drug-likeness (QED) is 0.788. The molecule has 5 nitrogen and oxygen atoms in total. The van der Waals surface area contributed by atoms with E-state index in [9.17, 15) is 14.7 Å². The molecule has 0 aliphatic carbocycles. The van der Waals surface area contributed by atoms with E-state index < -0.39 is 11.4 Å². The van der Waals surface area contributed by atoms with Crippen LogP contribution in [-0.4, -0.2) is 46.6 Å². The lowest BCUT2D eigenvalue weighted by molar-refractivity contribution is -0.151. The van der Waals surface area contributed by atoms with Crippen molar-refractivity contribution in [3.05, 3.63) is 0 Å². The van der Waals surface area contributed by atoms with Gasteiger partial charge in [0, 0.05) is 18.6 Å². The molecular formula is C16H30N2O3. The molecule has 5 heteroatoms. The lowest BCUT2D eigenvalue weighted by Crippen LogP contribution is -2.52. The fourth-order valence-corrected chi connectivity index (χ4v) is 2.78. The second-order valence-corrected chi connectivity index (χ2v) is 7.24.